The van der Waals surface area contributed by atoms with E-state index in [1.807, 2.05) is 43.5 Å². The monoisotopic (exact) mass is 331 g/mol. The molecule has 122 valence electrons. The summed E-state index contributed by atoms with van der Waals surface area (Å²) in [6.45, 7) is 5.84. The number of hydrogen-bond acceptors (Lipinski definition) is 4. The standard InChI is InChI=1S/C17H21N3O2S/c1-11(2)16(22)18-9-8-15-10-23-17(20-15)13-4-6-14(7-5-13)19-12(3)21/h4-7,10-11H,8-9H2,1-3H3,(H,18,22)(H,19,21). The Balaban J connectivity index is 1.93. The van der Waals surface area contributed by atoms with Crippen molar-refractivity contribution in [3.8, 4) is 10.6 Å². The average molecular weight is 331 g/mol. The van der Waals surface area contributed by atoms with Crippen molar-refractivity contribution in [2.24, 2.45) is 5.92 Å². The van der Waals surface area contributed by atoms with E-state index in [-0.39, 0.29) is 17.7 Å². The molecule has 0 radical (unpaired) electrons. The van der Waals surface area contributed by atoms with E-state index in [0.29, 0.717) is 6.54 Å². The third kappa shape index (κ3) is 5.17. The molecule has 0 aliphatic rings. The molecule has 0 saturated carbocycles. The Morgan fingerprint density at radius 2 is 1.91 bits per heavy atom. The second-order valence-corrected chi connectivity index (χ2v) is 6.46. The molecule has 0 aliphatic heterocycles. The van der Waals surface area contributed by atoms with Crippen LogP contribution in [0.1, 0.15) is 26.5 Å². The maximum Gasteiger partial charge on any atom is 0.222 e. The number of nitrogens with zero attached hydrogens (tertiary/aromatic N) is 1. The van der Waals surface area contributed by atoms with E-state index in [9.17, 15) is 9.59 Å². The first-order valence-corrected chi connectivity index (χ1v) is 8.44. The summed E-state index contributed by atoms with van der Waals surface area (Å²) in [6, 6.07) is 7.60. The summed E-state index contributed by atoms with van der Waals surface area (Å²) in [4.78, 5) is 27.1. The van der Waals surface area contributed by atoms with Crippen LogP contribution in [0.5, 0.6) is 0 Å². The second kappa shape index (κ2) is 7.87. The molecule has 6 heteroatoms. The molecule has 1 heterocycles. The summed E-state index contributed by atoms with van der Waals surface area (Å²) < 4.78 is 0. The summed E-state index contributed by atoms with van der Waals surface area (Å²) in [5.41, 5.74) is 2.76. The van der Waals surface area contributed by atoms with Crippen LogP contribution in [0.3, 0.4) is 0 Å². The smallest absolute Gasteiger partial charge is 0.222 e. The largest absolute Gasteiger partial charge is 0.355 e. The Morgan fingerprint density at radius 1 is 1.22 bits per heavy atom. The van der Waals surface area contributed by atoms with Gasteiger partial charge in [-0.25, -0.2) is 4.98 Å². The molecule has 0 atom stereocenters. The van der Waals surface area contributed by atoms with E-state index in [4.69, 9.17) is 0 Å². The molecule has 2 rings (SSSR count). The normalized spacial score (nSPS) is 10.6. The Morgan fingerprint density at radius 3 is 2.52 bits per heavy atom. The minimum atomic E-state index is -0.0854. The van der Waals surface area contributed by atoms with Crippen LogP contribution >= 0.6 is 11.3 Å². The molecule has 0 saturated heterocycles. The summed E-state index contributed by atoms with van der Waals surface area (Å²) in [5.74, 6) is -0.0186. The van der Waals surface area contributed by atoms with E-state index in [2.05, 4.69) is 15.6 Å². The maximum atomic E-state index is 11.5. The van der Waals surface area contributed by atoms with Crippen molar-refractivity contribution in [2.45, 2.75) is 27.2 Å². The Hall–Kier alpha value is -2.21. The lowest BCUT2D eigenvalue weighted by Crippen LogP contribution is -2.29. The van der Waals surface area contributed by atoms with E-state index in [1.165, 1.54) is 6.92 Å². The van der Waals surface area contributed by atoms with Crippen LogP contribution < -0.4 is 10.6 Å². The fourth-order valence-corrected chi connectivity index (χ4v) is 2.83. The Bertz CT molecular complexity index is 677. The van der Waals surface area contributed by atoms with Gasteiger partial charge in [0.1, 0.15) is 5.01 Å². The van der Waals surface area contributed by atoms with Gasteiger partial charge in [-0.3, -0.25) is 9.59 Å². The number of nitrogens with one attached hydrogen (secondary N) is 2. The lowest BCUT2D eigenvalue weighted by atomic mass is 10.2. The Labute approximate surface area is 140 Å². The third-order valence-electron chi connectivity index (χ3n) is 3.21. The van der Waals surface area contributed by atoms with Gasteiger partial charge < -0.3 is 10.6 Å². The lowest BCUT2D eigenvalue weighted by molar-refractivity contribution is -0.124. The molecule has 2 N–H and O–H groups in total. The number of thiazole rings is 1. The van der Waals surface area contributed by atoms with Crippen molar-refractivity contribution in [3.63, 3.8) is 0 Å². The van der Waals surface area contributed by atoms with Crippen LogP contribution in [0.4, 0.5) is 5.69 Å². The van der Waals surface area contributed by atoms with E-state index >= 15 is 0 Å². The molecular weight excluding hydrogens is 310 g/mol. The molecule has 1 aromatic heterocycles. The molecule has 0 unspecified atom stereocenters. The van der Waals surface area contributed by atoms with Crippen molar-refractivity contribution in [1.82, 2.24) is 10.3 Å². The number of benzene rings is 1. The zero-order valence-electron chi connectivity index (χ0n) is 13.6. The first-order valence-electron chi connectivity index (χ1n) is 7.56. The molecule has 0 aliphatic carbocycles. The van der Waals surface area contributed by atoms with Gasteiger partial charge >= 0.3 is 0 Å². The number of carbonyl (C=O) groups excluding carboxylic acids is 2. The topological polar surface area (TPSA) is 71.1 Å². The van der Waals surface area contributed by atoms with E-state index in [0.717, 1.165) is 28.4 Å². The molecule has 5 nitrogen and oxygen atoms in total. The van der Waals surface area contributed by atoms with Gasteiger partial charge in [0.15, 0.2) is 0 Å². The average Bonchev–Trinajstić information content (AvgIpc) is 2.96. The number of rotatable bonds is 6. The SMILES string of the molecule is CC(=O)Nc1ccc(-c2nc(CCNC(=O)C(C)C)cs2)cc1. The highest BCUT2D eigenvalue weighted by Crippen LogP contribution is 2.25. The quantitative estimate of drug-likeness (QED) is 0.854. The van der Waals surface area contributed by atoms with Gasteiger partial charge in [0, 0.05) is 42.4 Å². The van der Waals surface area contributed by atoms with Gasteiger partial charge in [0.2, 0.25) is 11.8 Å². The van der Waals surface area contributed by atoms with Crippen molar-refractivity contribution in [3.05, 3.63) is 35.3 Å². The molecule has 0 spiro atoms. The lowest BCUT2D eigenvalue weighted by Gasteiger charge is -2.06. The highest BCUT2D eigenvalue weighted by Gasteiger charge is 2.08. The molecule has 23 heavy (non-hydrogen) atoms. The predicted molar refractivity (Wildman–Crippen MR) is 93.4 cm³/mol. The molecular formula is C17H21N3O2S. The maximum absolute atomic E-state index is 11.5. The van der Waals surface area contributed by atoms with Crippen molar-refractivity contribution in [1.29, 1.82) is 0 Å². The van der Waals surface area contributed by atoms with Gasteiger partial charge in [-0.05, 0) is 24.3 Å². The van der Waals surface area contributed by atoms with Crippen LogP contribution in [-0.4, -0.2) is 23.3 Å². The zero-order valence-corrected chi connectivity index (χ0v) is 14.4. The van der Waals surface area contributed by atoms with Crippen LogP contribution in [0.25, 0.3) is 10.6 Å². The van der Waals surface area contributed by atoms with Crippen LogP contribution in [0.2, 0.25) is 0 Å². The van der Waals surface area contributed by atoms with Crippen molar-refractivity contribution < 1.29 is 9.59 Å². The fourth-order valence-electron chi connectivity index (χ4n) is 1.97. The summed E-state index contributed by atoms with van der Waals surface area (Å²) >= 11 is 1.58. The highest BCUT2D eigenvalue weighted by atomic mass is 32.1. The van der Waals surface area contributed by atoms with Gasteiger partial charge in [0.05, 0.1) is 5.69 Å². The van der Waals surface area contributed by atoms with E-state index < -0.39 is 0 Å². The van der Waals surface area contributed by atoms with Gasteiger partial charge in [-0.15, -0.1) is 11.3 Å². The summed E-state index contributed by atoms with van der Waals surface area (Å²) in [7, 11) is 0. The number of anilines is 1. The third-order valence-corrected chi connectivity index (χ3v) is 4.15. The first-order chi connectivity index (χ1) is 11.0. The molecule has 1 aromatic carbocycles. The van der Waals surface area contributed by atoms with E-state index in [1.54, 1.807) is 11.3 Å². The van der Waals surface area contributed by atoms with Gasteiger partial charge in [-0.2, -0.15) is 0 Å². The second-order valence-electron chi connectivity index (χ2n) is 5.60. The molecule has 0 fully saturated rings. The minimum Gasteiger partial charge on any atom is -0.355 e. The molecule has 0 bridgehead atoms. The summed E-state index contributed by atoms with van der Waals surface area (Å²) in [5, 5.41) is 8.58. The van der Waals surface area contributed by atoms with Crippen molar-refractivity contribution >= 4 is 28.8 Å². The number of hydrogen-bond donors (Lipinski definition) is 2. The number of amides is 2. The van der Waals surface area contributed by atoms with Gasteiger partial charge in [0.25, 0.3) is 0 Å². The Kier molecular flexibility index (Phi) is 5.87. The number of aromatic nitrogens is 1. The minimum absolute atomic E-state index is 0.00289. The van der Waals surface area contributed by atoms with Crippen LogP contribution in [-0.2, 0) is 16.0 Å². The van der Waals surface area contributed by atoms with Crippen LogP contribution in [0, 0.1) is 5.92 Å². The summed E-state index contributed by atoms with van der Waals surface area (Å²) in [6.07, 6.45) is 0.721. The molecule has 2 amide bonds. The van der Waals surface area contributed by atoms with Crippen LogP contribution in [0.15, 0.2) is 29.6 Å². The zero-order chi connectivity index (χ0) is 16.8. The predicted octanol–water partition coefficient (Wildman–Crippen LogP) is 3.08. The first kappa shape index (κ1) is 17.1. The highest BCUT2D eigenvalue weighted by molar-refractivity contribution is 7.13. The van der Waals surface area contributed by atoms with Crippen molar-refractivity contribution in [2.75, 3.05) is 11.9 Å². The fraction of sp³-hybridized carbons (Fsp3) is 0.353. The molecule has 2 aromatic rings. The number of carbonyl (C=O) groups is 2. The van der Waals surface area contributed by atoms with Gasteiger partial charge in [-0.1, -0.05) is 13.8 Å².